The summed E-state index contributed by atoms with van der Waals surface area (Å²) in [6.45, 7) is 13.0. The number of piperidine rings is 1. The normalized spacial score (nSPS) is 14.2. The van der Waals surface area contributed by atoms with Crippen molar-refractivity contribution >= 4 is 40.4 Å². The molecule has 0 spiro atoms. The monoisotopic (exact) mass is 650 g/mol. The van der Waals surface area contributed by atoms with E-state index in [0.29, 0.717) is 52.8 Å². The fourth-order valence-corrected chi connectivity index (χ4v) is 5.49. The molecule has 1 fully saturated rings. The molecule has 1 saturated heterocycles. The minimum absolute atomic E-state index is 0.168. The van der Waals surface area contributed by atoms with Crippen LogP contribution in [0.25, 0.3) is 33.8 Å². The summed E-state index contributed by atoms with van der Waals surface area (Å²) in [5.41, 5.74) is 3.92. The minimum atomic E-state index is -0.519. The van der Waals surface area contributed by atoms with Gasteiger partial charge in [-0.05, 0) is 90.8 Å². The zero-order valence-corrected chi connectivity index (χ0v) is 28.2. The summed E-state index contributed by atoms with van der Waals surface area (Å²) in [6.07, 6.45) is 5.07. The summed E-state index contributed by atoms with van der Waals surface area (Å²) in [4.78, 5) is 36.4. The molecule has 48 heavy (non-hydrogen) atoms. The fraction of sp³-hybridized carbons (Fsp3) is 0.361. The van der Waals surface area contributed by atoms with Crippen LogP contribution >= 0.6 is 0 Å². The van der Waals surface area contributed by atoms with E-state index in [0.717, 1.165) is 24.1 Å². The largest absolute Gasteiger partial charge is 0.444 e. The predicted molar refractivity (Wildman–Crippen MR) is 187 cm³/mol. The first-order valence-electron chi connectivity index (χ1n) is 16.2. The van der Waals surface area contributed by atoms with E-state index in [1.54, 1.807) is 23.2 Å². The van der Waals surface area contributed by atoms with Crippen LogP contribution in [0.1, 0.15) is 60.4 Å². The molecule has 2 aromatic carbocycles. The lowest BCUT2D eigenvalue weighted by molar-refractivity contribution is 0.0185. The van der Waals surface area contributed by atoms with Crippen molar-refractivity contribution in [1.29, 1.82) is 0 Å². The van der Waals surface area contributed by atoms with Crippen molar-refractivity contribution in [3.63, 3.8) is 0 Å². The molecule has 3 N–H and O–H groups in total. The molecule has 0 radical (unpaired) electrons. The molecule has 12 heteroatoms. The van der Waals surface area contributed by atoms with Gasteiger partial charge in [-0.2, -0.15) is 5.10 Å². The van der Waals surface area contributed by atoms with E-state index in [9.17, 15) is 9.59 Å². The summed E-state index contributed by atoms with van der Waals surface area (Å²) in [6, 6.07) is 18.3. The Kier molecular flexibility index (Phi) is 8.83. The molecule has 1 aliphatic heterocycles. The Bertz CT molecular complexity index is 1910. The zero-order valence-electron chi connectivity index (χ0n) is 28.2. The summed E-state index contributed by atoms with van der Waals surface area (Å²) in [7, 11) is 0. The number of hydrogen-bond donors (Lipinski definition) is 3. The number of pyridine rings is 1. The molecule has 3 aromatic heterocycles. The third-order valence-corrected chi connectivity index (χ3v) is 7.68. The van der Waals surface area contributed by atoms with E-state index in [1.165, 1.54) is 0 Å². The minimum Gasteiger partial charge on any atom is -0.444 e. The van der Waals surface area contributed by atoms with Crippen LogP contribution in [0.4, 0.5) is 26.8 Å². The maximum Gasteiger partial charge on any atom is 0.410 e. The lowest BCUT2D eigenvalue weighted by Gasteiger charge is -2.33. The van der Waals surface area contributed by atoms with Gasteiger partial charge < -0.3 is 30.0 Å². The van der Waals surface area contributed by atoms with Crippen LogP contribution in [0.2, 0.25) is 0 Å². The van der Waals surface area contributed by atoms with Crippen LogP contribution in [0.3, 0.4) is 0 Å². The lowest BCUT2D eigenvalue weighted by atomic mass is 10.1. The quantitative estimate of drug-likeness (QED) is 0.167. The smallest absolute Gasteiger partial charge is 0.410 e. The number of likely N-dealkylation sites (tertiary alicyclic amines) is 1. The number of amides is 3. The lowest BCUT2D eigenvalue weighted by Crippen LogP contribution is -2.42. The molecule has 12 nitrogen and oxygen atoms in total. The molecule has 5 aromatic rings. The summed E-state index contributed by atoms with van der Waals surface area (Å²) in [5, 5.41) is 14.0. The first kappa shape index (κ1) is 32.5. The van der Waals surface area contributed by atoms with Crippen molar-refractivity contribution in [3.05, 3.63) is 73.1 Å². The van der Waals surface area contributed by atoms with Crippen LogP contribution in [-0.4, -0.2) is 61.0 Å². The molecule has 3 amide bonds. The van der Waals surface area contributed by atoms with Crippen LogP contribution < -0.4 is 16.0 Å². The van der Waals surface area contributed by atoms with E-state index in [-0.39, 0.29) is 23.7 Å². The van der Waals surface area contributed by atoms with Crippen molar-refractivity contribution in [2.24, 2.45) is 0 Å². The number of ether oxygens (including phenoxy) is 1. The van der Waals surface area contributed by atoms with E-state index in [2.05, 4.69) is 36.7 Å². The first-order valence-corrected chi connectivity index (χ1v) is 16.2. The van der Waals surface area contributed by atoms with E-state index < -0.39 is 5.60 Å². The molecule has 0 atom stereocenters. The maximum absolute atomic E-state index is 12.6. The number of fused-ring (bicyclic) bond motifs is 1. The third-order valence-electron chi connectivity index (χ3n) is 7.68. The van der Waals surface area contributed by atoms with Gasteiger partial charge in [0.25, 0.3) is 0 Å². The molecule has 0 aliphatic carbocycles. The number of benzene rings is 2. The molecular formula is C36H42N8O4. The Hall–Kier alpha value is -5.39. The van der Waals surface area contributed by atoms with E-state index in [4.69, 9.17) is 24.2 Å². The number of carbonyl (C=O) groups is 2. The summed E-state index contributed by atoms with van der Waals surface area (Å²) < 4.78 is 13.8. The van der Waals surface area contributed by atoms with Crippen molar-refractivity contribution < 1.29 is 18.7 Å². The molecule has 4 heterocycles. The van der Waals surface area contributed by atoms with Crippen LogP contribution in [-0.2, 0) is 4.74 Å². The second-order valence-electron chi connectivity index (χ2n) is 14.0. The zero-order chi connectivity index (χ0) is 34.1. The SMILES string of the molecule is CC(C)(C)Nc1ncc(-c2ccn(C3CCN(C(=O)OC(C)(C)C)CC3)n2)cc1-c1nc2ccc(NC(=O)Nc3ccccc3)cc2o1. The number of rotatable bonds is 6. The van der Waals surface area contributed by atoms with E-state index in [1.807, 2.05) is 80.2 Å². The molecule has 0 saturated carbocycles. The maximum atomic E-state index is 12.6. The highest BCUT2D eigenvalue weighted by Crippen LogP contribution is 2.35. The average Bonchev–Trinajstić information content (AvgIpc) is 3.68. The second-order valence-corrected chi connectivity index (χ2v) is 14.0. The number of para-hydroxylation sites is 1. The predicted octanol–water partition coefficient (Wildman–Crippen LogP) is 8.18. The van der Waals surface area contributed by atoms with Crippen molar-refractivity contribution in [3.8, 4) is 22.7 Å². The van der Waals surface area contributed by atoms with Crippen LogP contribution in [0, 0.1) is 0 Å². The highest BCUT2D eigenvalue weighted by Gasteiger charge is 2.28. The number of carbonyl (C=O) groups excluding carboxylic acids is 2. The topological polar surface area (TPSA) is 139 Å². The molecule has 250 valence electrons. The van der Waals surface area contributed by atoms with Gasteiger partial charge >= 0.3 is 12.1 Å². The van der Waals surface area contributed by atoms with Gasteiger partial charge in [-0.3, -0.25) is 4.68 Å². The second kappa shape index (κ2) is 13.0. The number of nitrogens with zero attached hydrogens (tertiary/aromatic N) is 5. The molecule has 1 aliphatic rings. The van der Waals surface area contributed by atoms with Gasteiger partial charge in [-0.1, -0.05) is 18.2 Å². The molecular weight excluding hydrogens is 608 g/mol. The van der Waals surface area contributed by atoms with E-state index >= 15 is 0 Å². The van der Waals surface area contributed by atoms with Crippen molar-refractivity contribution in [1.82, 2.24) is 24.6 Å². The molecule has 0 bridgehead atoms. The van der Waals surface area contributed by atoms with Crippen LogP contribution in [0.15, 0.2) is 77.5 Å². The fourth-order valence-electron chi connectivity index (χ4n) is 5.49. The highest BCUT2D eigenvalue weighted by atomic mass is 16.6. The van der Waals surface area contributed by atoms with Gasteiger partial charge in [0.15, 0.2) is 5.58 Å². The third kappa shape index (κ3) is 7.93. The highest BCUT2D eigenvalue weighted by molar-refractivity contribution is 6.00. The number of aromatic nitrogens is 4. The Morgan fingerprint density at radius 3 is 2.35 bits per heavy atom. The number of oxazole rings is 1. The van der Waals surface area contributed by atoms with Gasteiger partial charge in [0, 0.05) is 54.0 Å². The molecule has 6 rings (SSSR count). The van der Waals surface area contributed by atoms with Gasteiger partial charge in [-0.25, -0.2) is 19.6 Å². The van der Waals surface area contributed by atoms with Crippen LogP contribution in [0.5, 0.6) is 0 Å². The number of nitrogens with one attached hydrogen (secondary N) is 3. The Morgan fingerprint density at radius 2 is 1.65 bits per heavy atom. The number of hydrogen-bond acceptors (Lipinski definition) is 8. The number of anilines is 3. The number of urea groups is 1. The van der Waals surface area contributed by atoms with Crippen molar-refractivity contribution in [2.45, 2.75) is 71.6 Å². The summed E-state index contributed by atoms with van der Waals surface area (Å²) in [5.74, 6) is 1.03. The Morgan fingerprint density at radius 1 is 0.917 bits per heavy atom. The standard InChI is InChI=1S/C36H42N8O4/c1-35(2,3)41-31-27(32-40-29-13-12-25(21-30(29)47-32)39-33(45)38-24-10-8-7-9-11-24)20-23(22-37-31)28-16-19-44(42-28)26-14-17-43(18-15-26)34(46)48-36(4,5)6/h7-13,16,19-22,26H,14-15,17-18H2,1-6H3,(H,37,41)(H2,38,39,45). The van der Waals surface area contributed by atoms with Crippen molar-refractivity contribution in [2.75, 3.05) is 29.0 Å². The van der Waals surface area contributed by atoms with Gasteiger partial charge in [0.1, 0.15) is 16.9 Å². The van der Waals surface area contributed by atoms with Gasteiger partial charge in [-0.15, -0.1) is 0 Å². The Balaban J connectivity index is 1.22. The summed E-state index contributed by atoms with van der Waals surface area (Å²) >= 11 is 0. The van der Waals surface area contributed by atoms with Gasteiger partial charge in [0.05, 0.1) is 17.3 Å². The first-order chi connectivity index (χ1) is 22.8. The Labute approximate surface area is 279 Å². The average molecular weight is 651 g/mol. The molecule has 0 unspecified atom stereocenters. The van der Waals surface area contributed by atoms with Gasteiger partial charge in [0.2, 0.25) is 5.89 Å².